The van der Waals surface area contributed by atoms with Gasteiger partial charge in [-0.3, -0.25) is 4.79 Å². The maximum Gasteiger partial charge on any atom is 0.242 e. The van der Waals surface area contributed by atoms with E-state index in [1.807, 2.05) is 6.92 Å². The molecule has 0 atom stereocenters. The zero-order valence-electron chi connectivity index (χ0n) is 10.6. The molecule has 1 aromatic rings. The Morgan fingerprint density at radius 2 is 1.83 bits per heavy atom. The molecule has 18 heavy (non-hydrogen) atoms. The quantitative estimate of drug-likeness (QED) is 0.811. The second kappa shape index (κ2) is 5.86. The Hall–Kier alpha value is -1.56. The minimum atomic E-state index is -3.32. The fourth-order valence-electron chi connectivity index (χ4n) is 1.58. The Labute approximate surface area is 108 Å². The van der Waals surface area contributed by atoms with Crippen molar-refractivity contribution in [2.75, 3.05) is 29.2 Å². The summed E-state index contributed by atoms with van der Waals surface area (Å²) in [5, 5.41) is 0. The van der Waals surface area contributed by atoms with Crippen LogP contribution in [-0.4, -0.2) is 32.9 Å². The number of hydrogen-bond donors (Lipinski definition) is 1. The van der Waals surface area contributed by atoms with E-state index in [-0.39, 0.29) is 0 Å². The number of amides is 1. The average Bonchev–Trinajstić information content (AvgIpc) is 2.25. The van der Waals surface area contributed by atoms with Crippen LogP contribution in [-0.2, 0) is 14.6 Å². The van der Waals surface area contributed by atoms with E-state index in [0.717, 1.165) is 12.7 Å². The molecule has 0 fully saturated rings. The maximum atomic E-state index is 11.9. The van der Waals surface area contributed by atoms with Gasteiger partial charge >= 0.3 is 0 Å². The summed E-state index contributed by atoms with van der Waals surface area (Å²) >= 11 is 0. The van der Waals surface area contributed by atoms with Gasteiger partial charge in [-0.05, 0) is 30.7 Å². The van der Waals surface area contributed by atoms with Crippen molar-refractivity contribution in [3.63, 3.8) is 0 Å². The lowest BCUT2D eigenvalue weighted by Gasteiger charge is -2.22. The number of hydrogen-bond acceptors (Lipinski definition) is 4. The van der Waals surface area contributed by atoms with Crippen LogP contribution < -0.4 is 10.6 Å². The first-order valence-corrected chi connectivity index (χ1v) is 7.73. The fraction of sp³-hybridized carbons (Fsp3) is 0.417. The van der Waals surface area contributed by atoms with Crippen LogP contribution in [0.3, 0.4) is 0 Å². The summed E-state index contributed by atoms with van der Waals surface area (Å²) in [5.41, 5.74) is 6.85. The van der Waals surface area contributed by atoms with Crippen molar-refractivity contribution in [3.05, 3.63) is 24.3 Å². The predicted octanol–water partition coefficient (Wildman–Crippen LogP) is 1.06. The third kappa shape index (κ3) is 4.37. The number of rotatable bonds is 5. The molecule has 1 rings (SSSR count). The number of benzene rings is 1. The summed E-state index contributed by atoms with van der Waals surface area (Å²) < 4.78 is 22.3. The van der Waals surface area contributed by atoms with Crippen molar-refractivity contribution in [3.8, 4) is 0 Å². The zero-order valence-corrected chi connectivity index (χ0v) is 11.4. The molecular weight excluding hydrogens is 252 g/mol. The summed E-state index contributed by atoms with van der Waals surface area (Å²) in [5.74, 6) is -0.888. The highest BCUT2D eigenvalue weighted by molar-refractivity contribution is 7.91. The molecular formula is C12H18N2O3S. The lowest BCUT2D eigenvalue weighted by Crippen LogP contribution is -2.36. The molecule has 0 saturated carbocycles. The minimum Gasteiger partial charge on any atom is -0.399 e. The third-order valence-corrected chi connectivity index (χ3v) is 3.11. The molecule has 6 heteroatoms. The van der Waals surface area contributed by atoms with Crippen molar-refractivity contribution < 1.29 is 13.2 Å². The fourth-order valence-corrected chi connectivity index (χ4v) is 2.18. The molecule has 0 unspecified atom stereocenters. The number of sulfone groups is 1. The van der Waals surface area contributed by atoms with Crippen molar-refractivity contribution in [2.45, 2.75) is 13.3 Å². The largest absolute Gasteiger partial charge is 0.399 e. The van der Waals surface area contributed by atoms with E-state index < -0.39 is 21.5 Å². The number of nitrogen functional groups attached to an aromatic ring is 1. The highest BCUT2D eigenvalue weighted by Gasteiger charge is 2.19. The standard InChI is InChI=1S/C12H18N2O3S/c1-3-8-14(12(15)9-18(2,16)17)11-6-4-10(13)5-7-11/h4-7H,3,8-9,13H2,1-2H3. The van der Waals surface area contributed by atoms with Crippen LogP contribution in [0, 0.1) is 0 Å². The van der Waals surface area contributed by atoms with Gasteiger partial charge in [0.2, 0.25) is 5.91 Å². The van der Waals surface area contributed by atoms with Crippen LogP contribution in [0.5, 0.6) is 0 Å². The number of carbonyl (C=O) groups excluding carboxylic acids is 1. The lowest BCUT2D eigenvalue weighted by atomic mass is 10.2. The van der Waals surface area contributed by atoms with Gasteiger partial charge in [0.25, 0.3) is 0 Å². The van der Waals surface area contributed by atoms with Gasteiger partial charge < -0.3 is 10.6 Å². The first-order chi connectivity index (χ1) is 8.33. The predicted molar refractivity (Wildman–Crippen MR) is 73.2 cm³/mol. The summed E-state index contributed by atoms with van der Waals surface area (Å²) in [6.07, 6.45) is 1.80. The first-order valence-electron chi connectivity index (χ1n) is 5.67. The van der Waals surface area contributed by atoms with Crippen LogP contribution >= 0.6 is 0 Å². The molecule has 0 aliphatic rings. The zero-order chi connectivity index (χ0) is 13.8. The van der Waals surface area contributed by atoms with Crippen LogP contribution in [0.4, 0.5) is 11.4 Å². The van der Waals surface area contributed by atoms with E-state index in [1.54, 1.807) is 24.3 Å². The van der Waals surface area contributed by atoms with Gasteiger partial charge in [-0.2, -0.15) is 0 Å². The molecule has 0 radical (unpaired) electrons. The van der Waals surface area contributed by atoms with Gasteiger partial charge in [-0.15, -0.1) is 0 Å². The second-order valence-corrected chi connectivity index (χ2v) is 6.35. The minimum absolute atomic E-state index is 0.413. The maximum absolute atomic E-state index is 11.9. The van der Waals surface area contributed by atoms with Crippen molar-refractivity contribution in [2.24, 2.45) is 0 Å². The molecule has 0 aromatic heterocycles. The van der Waals surface area contributed by atoms with Crippen LogP contribution in [0.15, 0.2) is 24.3 Å². The summed E-state index contributed by atoms with van der Waals surface area (Å²) in [6.45, 7) is 2.41. The van der Waals surface area contributed by atoms with E-state index >= 15 is 0 Å². The smallest absolute Gasteiger partial charge is 0.242 e. The average molecular weight is 270 g/mol. The Kier molecular flexibility index (Phi) is 4.72. The third-order valence-electron chi connectivity index (χ3n) is 2.34. The molecule has 0 aliphatic heterocycles. The normalized spacial score (nSPS) is 11.2. The Morgan fingerprint density at radius 3 is 2.28 bits per heavy atom. The molecule has 1 aromatic carbocycles. The molecule has 5 nitrogen and oxygen atoms in total. The Morgan fingerprint density at radius 1 is 1.28 bits per heavy atom. The molecule has 0 spiro atoms. The number of anilines is 2. The van der Waals surface area contributed by atoms with Gasteiger partial charge in [-0.25, -0.2) is 8.42 Å². The lowest BCUT2D eigenvalue weighted by molar-refractivity contribution is -0.116. The SMILES string of the molecule is CCCN(C(=O)CS(C)(=O)=O)c1ccc(N)cc1. The van der Waals surface area contributed by atoms with Gasteiger partial charge in [0.05, 0.1) is 0 Å². The van der Waals surface area contributed by atoms with Gasteiger partial charge in [0.15, 0.2) is 9.84 Å². The number of carbonyl (C=O) groups is 1. The molecule has 0 bridgehead atoms. The molecule has 0 heterocycles. The van der Waals surface area contributed by atoms with Crippen LogP contribution in [0.25, 0.3) is 0 Å². The summed E-state index contributed by atoms with van der Waals surface area (Å²) in [4.78, 5) is 13.4. The molecule has 1 amide bonds. The van der Waals surface area contributed by atoms with Gasteiger partial charge in [0.1, 0.15) is 5.75 Å². The highest BCUT2D eigenvalue weighted by atomic mass is 32.2. The molecule has 100 valence electrons. The number of nitrogens with zero attached hydrogens (tertiary/aromatic N) is 1. The summed E-state index contributed by atoms with van der Waals surface area (Å²) in [6, 6.07) is 6.80. The first kappa shape index (κ1) is 14.5. The van der Waals surface area contributed by atoms with E-state index in [0.29, 0.717) is 17.9 Å². The second-order valence-electron chi connectivity index (χ2n) is 4.21. The van der Waals surface area contributed by atoms with E-state index in [9.17, 15) is 13.2 Å². The Bertz CT molecular complexity index is 509. The van der Waals surface area contributed by atoms with E-state index in [4.69, 9.17) is 5.73 Å². The van der Waals surface area contributed by atoms with Crippen molar-refractivity contribution >= 4 is 27.1 Å². The van der Waals surface area contributed by atoms with E-state index in [2.05, 4.69) is 0 Å². The van der Waals surface area contributed by atoms with Crippen molar-refractivity contribution in [1.82, 2.24) is 0 Å². The monoisotopic (exact) mass is 270 g/mol. The van der Waals surface area contributed by atoms with Crippen LogP contribution in [0.2, 0.25) is 0 Å². The van der Waals surface area contributed by atoms with Gasteiger partial charge in [0, 0.05) is 24.2 Å². The molecule has 0 aliphatic carbocycles. The molecule has 0 saturated heterocycles. The van der Waals surface area contributed by atoms with Crippen LogP contribution in [0.1, 0.15) is 13.3 Å². The summed E-state index contributed by atoms with van der Waals surface area (Å²) in [7, 11) is -3.32. The van der Waals surface area contributed by atoms with Gasteiger partial charge in [-0.1, -0.05) is 6.92 Å². The van der Waals surface area contributed by atoms with Crippen molar-refractivity contribution in [1.29, 1.82) is 0 Å². The molecule has 2 N–H and O–H groups in total. The topological polar surface area (TPSA) is 80.5 Å². The highest BCUT2D eigenvalue weighted by Crippen LogP contribution is 2.17. The van der Waals surface area contributed by atoms with E-state index in [1.165, 1.54) is 4.90 Å². The Balaban J connectivity index is 2.95. The number of nitrogens with two attached hydrogens (primary N) is 1.